The maximum Gasteiger partial charge on any atom is 0.343 e. The number of esters is 1. The lowest BCUT2D eigenvalue weighted by Crippen LogP contribution is -2.08. The summed E-state index contributed by atoms with van der Waals surface area (Å²) in [4.78, 5) is 11.8. The molecule has 0 fully saturated rings. The number of benzene rings is 2. The molecule has 2 aromatic rings. The molecule has 0 saturated heterocycles. The second-order valence-electron chi connectivity index (χ2n) is 3.54. The molecule has 0 atom stereocenters. The molecule has 0 N–H and O–H groups in total. The summed E-state index contributed by atoms with van der Waals surface area (Å²) >= 11 is 5.79. The summed E-state index contributed by atoms with van der Waals surface area (Å²) in [6.07, 6.45) is 0. The van der Waals surface area contributed by atoms with Crippen LogP contribution in [0.1, 0.15) is 15.9 Å². The van der Waals surface area contributed by atoms with Crippen molar-refractivity contribution in [3.8, 4) is 11.8 Å². The number of nitrogens with zero attached hydrogens (tertiary/aromatic N) is 1. The van der Waals surface area contributed by atoms with Gasteiger partial charge in [-0.25, -0.2) is 4.79 Å². The summed E-state index contributed by atoms with van der Waals surface area (Å²) in [6, 6.07) is 14.9. The molecule has 0 aromatic heterocycles. The average Bonchev–Trinajstić information content (AvgIpc) is 2.39. The van der Waals surface area contributed by atoms with Gasteiger partial charge in [0.2, 0.25) is 0 Å². The fraction of sp³-hybridized carbons (Fsp3) is 0. The maximum absolute atomic E-state index is 11.8. The van der Waals surface area contributed by atoms with Crippen LogP contribution in [0.3, 0.4) is 0 Å². The van der Waals surface area contributed by atoms with Crippen molar-refractivity contribution in [3.63, 3.8) is 0 Å². The summed E-state index contributed by atoms with van der Waals surface area (Å²) in [5.41, 5.74) is 0.802. The largest absolute Gasteiger partial charge is 0.423 e. The molecule has 4 heteroatoms. The zero-order valence-corrected chi connectivity index (χ0v) is 10.0. The molecule has 0 bridgehead atoms. The van der Waals surface area contributed by atoms with Crippen LogP contribution in [0.15, 0.2) is 48.5 Å². The Labute approximate surface area is 109 Å². The summed E-state index contributed by atoms with van der Waals surface area (Å²) in [7, 11) is 0. The Morgan fingerprint density at radius 3 is 2.67 bits per heavy atom. The van der Waals surface area contributed by atoms with Gasteiger partial charge < -0.3 is 4.74 Å². The van der Waals surface area contributed by atoms with Crippen LogP contribution in [0.2, 0.25) is 5.02 Å². The highest BCUT2D eigenvalue weighted by atomic mass is 35.5. The smallest absolute Gasteiger partial charge is 0.343 e. The number of hydrogen-bond acceptors (Lipinski definition) is 3. The minimum absolute atomic E-state index is 0.332. The van der Waals surface area contributed by atoms with E-state index in [1.807, 2.05) is 6.07 Å². The van der Waals surface area contributed by atoms with Gasteiger partial charge in [-0.05, 0) is 36.4 Å². The summed E-state index contributed by atoms with van der Waals surface area (Å²) in [5.74, 6) is -0.174. The Balaban J connectivity index is 2.19. The third kappa shape index (κ3) is 2.88. The first-order valence-corrected chi connectivity index (χ1v) is 5.55. The van der Waals surface area contributed by atoms with Gasteiger partial charge in [-0.15, -0.1) is 0 Å². The first kappa shape index (κ1) is 12.2. The van der Waals surface area contributed by atoms with Crippen molar-refractivity contribution in [1.29, 1.82) is 5.26 Å². The van der Waals surface area contributed by atoms with Crippen LogP contribution >= 0.6 is 11.6 Å². The molecule has 2 rings (SSSR count). The zero-order valence-electron chi connectivity index (χ0n) is 9.26. The number of halogens is 1. The van der Waals surface area contributed by atoms with E-state index in [4.69, 9.17) is 21.6 Å². The van der Waals surface area contributed by atoms with Crippen molar-refractivity contribution in [2.75, 3.05) is 0 Å². The number of rotatable bonds is 2. The van der Waals surface area contributed by atoms with Gasteiger partial charge in [0.1, 0.15) is 5.75 Å². The van der Waals surface area contributed by atoms with E-state index in [0.29, 0.717) is 21.9 Å². The second kappa shape index (κ2) is 5.35. The SMILES string of the molecule is N#Cc1cccc(OC(=O)c2cccc(Cl)c2)c1. The molecule has 2 aromatic carbocycles. The molecule has 18 heavy (non-hydrogen) atoms. The number of nitriles is 1. The fourth-order valence-electron chi connectivity index (χ4n) is 1.41. The lowest BCUT2D eigenvalue weighted by molar-refractivity contribution is 0.0735. The molecule has 0 amide bonds. The van der Waals surface area contributed by atoms with Gasteiger partial charge >= 0.3 is 5.97 Å². The minimum Gasteiger partial charge on any atom is -0.423 e. The van der Waals surface area contributed by atoms with Crippen LogP contribution in [0, 0.1) is 11.3 Å². The molecule has 0 radical (unpaired) electrons. The highest BCUT2D eigenvalue weighted by molar-refractivity contribution is 6.30. The van der Waals surface area contributed by atoms with E-state index >= 15 is 0 Å². The van der Waals surface area contributed by atoms with Crippen molar-refractivity contribution in [2.24, 2.45) is 0 Å². The molecule has 88 valence electrons. The van der Waals surface area contributed by atoms with Crippen LogP contribution in [-0.4, -0.2) is 5.97 Å². The third-order valence-corrected chi connectivity index (χ3v) is 2.47. The predicted molar refractivity (Wildman–Crippen MR) is 67.6 cm³/mol. The molecule has 0 aliphatic rings. The lowest BCUT2D eigenvalue weighted by atomic mass is 10.2. The van der Waals surface area contributed by atoms with E-state index in [1.165, 1.54) is 12.1 Å². The van der Waals surface area contributed by atoms with Crippen molar-refractivity contribution >= 4 is 17.6 Å². The summed E-state index contributed by atoms with van der Waals surface area (Å²) in [5, 5.41) is 9.21. The second-order valence-corrected chi connectivity index (χ2v) is 3.98. The zero-order chi connectivity index (χ0) is 13.0. The lowest BCUT2D eigenvalue weighted by Gasteiger charge is -2.04. The van der Waals surface area contributed by atoms with Crippen LogP contribution in [0.25, 0.3) is 0 Å². The molecule has 0 heterocycles. The van der Waals surface area contributed by atoms with Crippen molar-refractivity contribution in [2.45, 2.75) is 0 Å². The van der Waals surface area contributed by atoms with Gasteiger partial charge in [-0.2, -0.15) is 5.26 Å². The molecule has 0 aliphatic heterocycles. The highest BCUT2D eigenvalue weighted by Crippen LogP contribution is 2.16. The van der Waals surface area contributed by atoms with E-state index in [9.17, 15) is 4.79 Å². The highest BCUT2D eigenvalue weighted by Gasteiger charge is 2.09. The topological polar surface area (TPSA) is 50.1 Å². The average molecular weight is 258 g/mol. The van der Waals surface area contributed by atoms with Gasteiger partial charge in [-0.1, -0.05) is 23.7 Å². The van der Waals surface area contributed by atoms with Crippen molar-refractivity contribution in [1.82, 2.24) is 0 Å². The fourth-order valence-corrected chi connectivity index (χ4v) is 1.60. The maximum atomic E-state index is 11.8. The molecular weight excluding hydrogens is 250 g/mol. The quantitative estimate of drug-likeness (QED) is 0.612. The van der Waals surface area contributed by atoms with Gasteiger partial charge in [-0.3, -0.25) is 0 Å². The molecule has 0 spiro atoms. The Morgan fingerprint density at radius 1 is 1.17 bits per heavy atom. The van der Waals surface area contributed by atoms with Gasteiger partial charge in [0, 0.05) is 5.02 Å². The predicted octanol–water partition coefficient (Wildman–Crippen LogP) is 3.43. The number of hydrogen-bond donors (Lipinski definition) is 0. The monoisotopic (exact) mass is 257 g/mol. The Morgan fingerprint density at radius 2 is 1.94 bits per heavy atom. The Hall–Kier alpha value is -2.31. The first-order chi connectivity index (χ1) is 8.69. The summed E-state index contributed by atoms with van der Waals surface area (Å²) < 4.78 is 5.15. The van der Waals surface area contributed by atoms with Gasteiger partial charge in [0.05, 0.1) is 17.2 Å². The number of ether oxygens (including phenoxy) is 1. The molecule has 3 nitrogen and oxygen atoms in total. The minimum atomic E-state index is -0.507. The summed E-state index contributed by atoms with van der Waals surface area (Å²) in [6.45, 7) is 0. The van der Waals surface area contributed by atoms with Crippen molar-refractivity contribution < 1.29 is 9.53 Å². The normalized spacial score (nSPS) is 9.56. The van der Waals surface area contributed by atoms with E-state index < -0.39 is 5.97 Å². The first-order valence-electron chi connectivity index (χ1n) is 5.17. The van der Waals surface area contributed by atoms with E-state index in [1.54, 1.807) is 36.4 Å². The van der Waals surface area contributed by atoms with Gasteiger partial charge in [0.25, 0.3) is 0 Å². The standard InChI is InChI=1S/C14H8ClNO2/c15-12-5-2-4-11(8-12)14(17)18-13-6-1-3-10(7-13)9-16/h1-8H. The Bertz CT molecular complexity index is 632. The van der Waals surface area contributed by atoms with Crippen molar-refractivity contribution in [3.05, 3.63) is 64.7 Å². The van der Waals surface area contributed by atoms with Gasteiger partial charge in [0.15, 0.2) is 0 Å². The van der Waals surface area contributed by atoms with Crippen LogP contribution < -0.4 is 4.74 Å². The number of carbonyl (C=O) groups is 1. The number of carbonyl (C=O) groups excluding carboxylic acids is 1. The molecular formula is C14H8ClNO2. The van der Waals surface area contributed by atoms with Crippen LogP contribution in [-0.2, 0) is 0 Å². The van der Waals surface area contributed by atoms with Crippen LogP contribution in [0.5, 0.6) is 5.75 Å². The van der Waals surface area contributed by atoms with E-state index in [0.717, 1.165) is 0 Å². The Kier molecular flexibility index (Phi) is 3.61. The molecule has 0 aliphatic carbocycles. The van der Waals surface area contributed by atoms with E-state index in [-0.39, 0.29) is 0 Å². The third-order valence-electron chi connectivity index (χ3n) is 2.23. The molecule has 0 unspecified atom stereocenters. The van der Waals surface area contributed by atoms with Crippen LogP contribution in [0.4, 0.5) is 0 Å². The molecule has 0 saturated carbocycles. The van der Waals surface area contributed by atoms with E-state index in [2.05, 4.69) is 0 Å².